The third-order valence-electron chi connectivity index (χ3n) is 7.50. The van der Waals surface area contributed by atoms with E-state index < -0.39 is 5.41 Å². The highest BCUT2D eigenvalue weighted by atomic mass is 35.5. The number of rotatable bonds is 5. The first-order valence-electron chi connectivity index (χ1n) is 12.4. The maximum atomic E-state index is 13.0. The largest absolute Gasteiger partial charge is 0.379 e. The Kier molecular flexibility index (Phi) is 7.50. The summed E-state index contributed by atoms with van der Waals surface area (Å²) in [5.41, 5.74) is 2.54. The van der Waals surface area contributed by atoms with Gasteiger partial charge >= 0.3 is 0 Å². The Balaban J connectivity index is 1.25. The van der Waals surface area contributed by atoms with Crippen LogP contribution in [0.2, 0.25) is 10.0 Å². The standard InChI is InChI=1S/C27H28Cl2N6O2/c1-18-22(16-32-35(18)21-3-4-23(28)24(29)14-21)26(36)33-19-2-5-25(31-15-19)27(17-30)8-6-20(7-9-27)34-10-12-37-13-11-34/h2-5,14-16,20H,6-13H2,1H3,(H,33,36). The zero-order valence-electron chi connectivity index (χ0n) is 20.6. The molecule has 1 aliphatic carbocycles. The Bertz CT molecular complexity index is 1320. The lowest BCUT2D eigenvalue weighted by Gasteiger charge is -2.41. The first-order valence-corrected chi connectivity index (χ1v) is 13.2. The molecule has 0 spiro atoms. The molecule has 5 rings (SSSR count). The first-order chi connectivity index (χ1) is 17.9. The molecule has 1 aromatic carbocycles. The summed E-state index contributed by atoms with van der Waals surface area (Å²) in [7, 11) is 0. The number of benzene rings is 1. The fourth-order valence-corrected chi connectivity index (χ4v) is 5.58. The summed E-state index contributed by atoms with van der Waals surface area (Å²) in [5.74, 6) is -0.292. The number of nitrogens with zero attached hydrogens (tertiary/aromatic N) is 5. The van der Waals surface area contributed by atoms with E-state index in [-0.39, 0.29) is 5.91 Å². The SMILES string of the molecule is Cc1c(C(=O)Nc2ccc(C3(C#N)CCC(N4CCOCC4)CC3)nc2)cnn1-c1ccc(Cl)c(Cl)c1. The van der Waals surface area contributed by atoms with Gasteiger partial charge in [-0.1, -0.05) is 23.2 Å². The van der Waals surface area contributed by atoms with E-state index in [4.69, 9.17) is 27.9 Å². The van der Waals surface area contributed by atoms with Crippen LogP contribution in [-0.4, -0.2) is 57.9 Å². The molecule has 37 heavy (non-hydrogen) atoms. The summed E-state index contributed by atoms with van der Waals surface area (Å²) in [5, 5.41) is 18.2. The van der Waals surface area contributed by atoms with Gasteiger partial charge in [-0.2, -0.15) is 10.4 Å². The van der Waals surface area contributed by atoms with Gasteiger partial charge in [0.15, 0.2) is 0 Å². The summed E-state index contributed by atoms with van der Waals surface area (Å²) in [6.07, 6.45) is 6.63. The zero-order chi connectivity index (χ0) is 26.0. The highest BCUT2D eigenvalue weighted by Crippen LogP contribution is 2.40. The average Bonchev–Trinajstić information content (AvgIpc) is 3.32. The molecule has 1 saturated heterocycles. The molecule has 2 fully saturated rings. The maximum absolute atomic E-state index is 13.0. The molecule has 10 heteroatoms. The molecular weight excluding hydrogens is 511 g/mol. The lowest BCUT2D eigenvalue weighted by atomic mass is 9.71. The maximum Gasteiger partial charge on any atom is 0.259 e. The number of ether oxygens (including phenoxy) is 1. The van der Waals surface area contributed by atoms with Crippen molar-refractivity contribution in [3.8, 4) is 11.8 Å². The van der Waals surface area contributed by atoms with Crippen molar-refractivity contribution in [3.63, 3.8) is 0 Å². The number of carbonyl (C=O) groups excluding carboxylic acids is 1. The van der Waals surface area contributed by atoms with E-state index in [1.807, 2.05) is 19.1 Å². The second kappa shape index (κ2) is 10.8. The minimum Gasteiger partial charge on any atom is -0.379 e. The lowest BCUT2D eigenvalue weighted by Crippen LogP contribution is -2.47. The molecule has 1 amide bonds. The van der Waals surface area contributed by atoms with Crippen molar-refractivity contribution in [2.24, 2.45) is 0 Å². The van der Waals surface area contributed by atoms with E-state index in [2.05, 4.69) is 26.4 Å². The quantitative estimate of drug-likeness (QED) is 0.481. The molecule has 0 unspecified atom stereocenters. The number of pyridine rings is 1. The van der Waals surface area contributed by atoms with Crippen LogP contribution in [0.15, 0.2) is 42.7 Å². The molecule has 0 bridgehead atoms. The Morgan fingerprint density at radius 2 is 1.89 bits per heavy atom. The molecule has 0 radical (unpaired) electrons. The first kappa shape index (κ1) is 25.7. The third kappa shape index (κ3) is 5.23. The second-order valence-corrected chi connectivity index (χ2v) is 10.4. The van der Waals surface area contributed by atoms with E-state index in [0.29, 0.717) is 38.7 Å². The second-order valence-electron chi connectivity index (χ2n) is 9.61. The molecular formula is C27H28Cl2N6O2. The number of aromatic nitrogens is 3. The molecule has 2 aliphatic rings. The van der Waals surface area contributed by atoms with Gasteiger partial charge in [0.25, 0.3) is 5.91 Å². The van der Waals surface area contributed by atoms with E-state index in [0.717, 1.165) is 57.7 Å². The van der Waals surface area contributed by atoms with Gasteiger partial charge in [0.1, 0.15) is 0 Å². The number of hydrogen-bond donors (Lipinski definition) is 1. The van der Waals surface area contributed by atoms with Crippen molar-refractivity contribution in [2.45, 2.75) is 44.1 Å². The van der Waals surface area contributed by atoms with Gasteiger partial charge in [0, 0.05) is 19.1 Å². The van der Waals surface area contributed by atoms with Gasteiger partial charge in [-0.3, -0.25) is 14.7 Å². The van der Waals surface area contributed by atoms with Crippen molar-refractivity contribution in [2.75, 3.05) is 31.6 Å². The molecule has 1 N–H and O–H groups in total. The molecule has 2 aromatic heterocycles. The molecule has 8 nitrogen and oxygen atoms in total. The van der Waals surface area contributed by atoms with Crippen LogP contribution in [0.1, 0.15) is 47.4 Å². The fraction of sp³-hybridized carbons (Fsp3) is 0.407. The molecule has 0 atom stereocenters. The topological polar surface area (TPSA) is 96.1 Å². The highest BCUT2D eigenvalue weighted by Gasteiger charge is 2.40. The van der Waals surface area contributed by atoms with Crippen LogP contribution in [0, 0.1) is 18.3 Å². The monoisotopic (exact) mass is 538 g/mol. The van der Waals surface area contributed by atoms with Gasteiger partial charge < -0.3 is 10.1 Å². The number of hydrogen-bond acceptors (Lipinski definition) is 6. The minimum atomic E-state index is -0.594. The predicted octanol–water partition coefficient (Wildman–Crippen LogP) is 5.17. The number of nitrogens with one attached hydrogen (secondary N) is 1. The smallest absolute Gasteiger partial charge is 0.259 e. The molecule has 3 heterocycles. The Hall–Kier alpha value is -2.96. The third-order valence-corrected chi connectivity index (χ3v) is 8.24. The van der Waals surface area contributed by atoms with Crippen molar-refractivity contribution in [1.29, 1.82) is 5.26 Å². The molecule has 1 aliphatic heterocycles. The summed E-state index contributed by atoms with van der Waals surface area (Å²) in [6.45, 7) is 5.30. The fourth-order valence-electron chi connectivity index (χ4n) is 5.29. The van der Waals surface area contributed by atoms with E-state index in [9.17, 15) is 10.1 Å². The number of nitriles is 1. The zero-order valence-corrected chi connectivity index (χ0v) is 22.1. The van der Waals surface area contributed by atoms with Gasteiger partial charge in [0.2, 0.25) is 0 Å². The van der Waals surface area contributed by atoms with E-state index in [1.165, 1.54) is 6.20 Å². The normalized spacial score (nSPS) is 22.4. The van der Waals surface area contributed by atoms with Crippen LogP contribution >= 0.6 is 23.2 Å². The van der Waals surface area contributed by atoms with Gasteiger partial charge in [-0.15, -0.1) is 0 Å². The van der Waals surface area contributed by atoms with Crippen LogP contribution < -0.4 is 5.32 Å². The van der Waals surface area contributed by atoms with Gasteiger partial charge in [-0.25, -0.2) is 4.68 Å². The number of amides is 1. The van der Waals surface area contributed by atoms with Gasteiger partial charge in [0.05, 0.1) is 75.5 Å². The Morgan fingerprint density at radius 3 is 2.54 bits per heavy atom. The van der Waals surface area contributed by atoms with Crippen molar-refractivity contribution < 1.29 is 9.53 Å². The number of morpholine rings is 1. The van der Waals surface area contributed by atoms with Crippen molar-refractivity contribution in [1.82, 2.24) is 19.7 Å². The van der Waals surface area contributed by atoms with Gasteiger partial charge in [-0.05, 0) is 62.9 Å². The lowest BCUT2D eigenvalue weighted by molar-refractivity contribution is 0.00493. The van der Waals surface area contributed by atoms with E-state index >= 15 is 0 Å². The van der Waals surface area contributed by atoms with Crippen LogP contribution in [-0.2, 0) is 10.2 Å². The van der Waals surface area contributed by atoms with Crippen LogP contribution in [0.25, 0.3) is 5.69 Å². The number of halogens is 2. The number of carbonyl (C=O) groups is 1. The van der Waals surface area contributed by atoms with Crippen LogP contribution in [0.3, 0.4) is 0 Å². The summed E-state index contributed by atoms with van der Waals surface area (Å²) >= 11 is 12.2. The van der Waals surface area contributed by atoms with E-state index in [1.54, 1.807) is 29.1 Å². The van der Waals surface area contributed by atoms with Crippen molar-refractivity contribution >= 4 is 34.8 Å². The Labute approximate surface area is 226 Å². The number of anilines is 1. The molecule has 192 valence electrons. The van der Waals surface area contributed by atoms with Crippen molar-refractivity contribution in [3.05, 3.63) is 69.7 Å². The summed E-state index contributed by atoms with van der Waals surface area (Å²) in [4.78, 5) is 20.1. The predicted molar refractivity (Wildman–Crippen MR) is 142 cm³/mol. The molecule has 3 aromatic rings. The van der Waals surface area contributed by atoms with Crippen LogP contribution in [0.4, 0.5) is 5.69 Å². The summed E-state index contributed by atoms with van der Waals surface area (Å²) in [6, 6.07) is 11.9. The summed E-state index contributed by atoms with van der Waals surface area (Å²) < 4.78 is 7.12. The average molecular weight is 539 g/mol. The molecule has 1 saturated carbocycles. The highest BCUT2D eigenvalue weighted by molar-refractivity contribution is 6.42. The minimum absolute atomic E-state index is 0.292. The van der Waals surface area contributed by atoms with Crippen LogP contribution in [0.5, 0.6) is 0 Å². The Morgan fingerprint density at radius 1 is 1.14 bits per heavy atom.